The van der Waals surface area contributed by atoms with Gasteiger partial charge in [0.1, 0.15) is 10.3 Å². The van der Waals surface area contributed by atoms with Gasteiger partial charge in [-0.1, -0.05) is 44.5 Å². The molecular weight excluding hydrogens is 304 g/mol. The average Bonchev–Trinajstić information content (AvgIpc) is 2.43. The summed E-state index contributed by atoms with van der Waals surface area (Å²) in [5.74, 6) is 0.661. The van der Waals surface area contributed by atoms with Crippen LogP contribution in [-0.2, 0) is 12.8 Å². The molecule has 0 radical (unpaired) electrons. The summed E-state index contributed by atoms with van der Waals surface area (Å²) < 4.78 is 0.548. The van der Waals surface area contributed by atoms with Gasteiger partial charge in [0.15, 0.2) is 0 Å². The summed E-state index contributed by atoms with van der Waals surface area (Å²) in [7, 11) is 0. The lowest BCUT2D eigenvalue weighted by atomic mass is 10.0. The molecule has 2 aromatic rings. The number of halogens is 1. The molecule has 1 heterocycles. The highest BCUT2D eigenvalue weighted by molar-refractivity contribution is 9.10. The maximum atomic E-state index is 12.0. The highest BCUT2D eigenvalue weighted by atomic mass is 79.9. The summed E-state index contributed by atoms with van der Waals surface area (Å²) in [6.45, 7) is 4.18. The monoisotopic (exact) mass is 320 g/mol. The Kier molecular flexibility index (Phi) is 4.53. The van der Waals surface area contributed by atoms with Crippen molar-refractivity contribution in [3.05, 3.63) is 50.3 Å². The normalized spacial score (nSPS) is 10.7. The molecule has 0 aliphatic heterocycles. The van der Waals surface area contributed by atoms with Crippen LogP contribution in [0.15, 0.2) is 33.5 Å². The van der Waals surface area contributed by atoms with E-state index >= 15 is 0 Å². The molecule has 1 aromatic heterocycles. The first-order valence-electron chi connectivity index (χ1n) is 6.54. The number of aryl methyl sites for hydroxylation is 2. The van der Waals surface area contributed by atoms with Crippen LogP contribution < -0.4 is 5.56 Å². The fourth-order valence-electron chi connectivity index (χ4n) is 2.10. The van der Waals surface area contributed by atoms with Gasteiger partial charge in [0.05, 0.1) is 5.69 Å². The SMILES string of the molecule is CCCc1nc(-c2ccccc2CC)[nH]c(=O)c1Br. The van der Waals surface area contributed by atoms with Gasteiger partial charge in [-0.25, -0.2) is 4.98 Å². The van der Waals surface area contributed by atoms with Crippen LogP contribution >= 0.6 is 15.9 Å². The molecule has 0 aliphatic rings. The first-order valence-corrected chi connectivity index (χ1v) is 7.33. The van der Waals surface area contributed by atoms with E-state index in [1.165, 1.54) is 5.56 Å². The maximum Gasteiger partial charge on any atom is 0.265 e. The van der Waals surface area contributed by atoms with Crippen molar-refractivity contribution in [2.24, 2.45) is 0 Å². The number of hydrogen-bond acceptors (Lipinski definition) is 2. The standard InChI is InChI=1S/C15H17BrN2O/c1-3-7-12-13(16)15(19)18-14(17-12)11-9-6-5-8-10(11)4-2/h5-6,8-9H,3-4,7H2,1-2H3,(H,17,18,19). The first-order chi connectivity index (χ1) is 9.17. The van der Waals surface area contributed by atoms with E-state index in [1.54, 1.807) is 0 Å². The lowest BCUT2D eigenvalue weighted by molar-refractivity contribution is 0.860. The summed E-state index contributed by atoms with van der Waals surface area (Å²) in [6, 6.07) is 8.04. The molecule has 0 fully saturated rings. The summed E-state index contributed by atoms with van der Waals surface area (Å²) >= 11 is 3.32. The van der Waals surface area contributed by atoms with Crippen molar-refractivity contribution in [2.75, 3.05) is 0 Å². The number of nitrogens with zero attached hydrogens (tertiary/aromatic N) is 1. The third-order valence-electron chi connectivity index (χ3n) is 3.07. The predicted molar refractivity (Wildman–Crippen MR) is 81.4 cm³/mol. The molecule has 1 aromatic carbocycles. The van der Waals surface area contributed by atoms with Crippen molar-refractivity contribution in [3.8, 4) is 11.4 Å². The lowest BCUT2D eigenvalue weighted by Crippen LogP contribution is -2.14. The molecule has 100 valence electrons. The van der Waals surface area contributed by atoms with E-state index in [1.807, 2.05) is 18.2 Å². The molecule has 0 atom stereocenters. The van der Waals surface area contributed by atoms with Crippen molar-refractivity contribution < 1.29 is 0 Å². The number of aromatic amines is 1. The highest BCUT2D eigenvalue weighted by Crippen LogP contribution is 2.22. The molecule has 0 saturated carbocycles. The first kappa shape index (κ1) is 14.0. The van der Waals surface area contributed by atoms with Crippen LogP contribution in [0.3, 0.4) is 0 Å². The zero-order chi connectivity index (χ0) is 13.8. The van der Waals surface area contributed by atoms with Crippen LogP contribution in [0.1, 0.15) is 31.5 Å². The second-order valence-corrected chi connectivity index (χ2v) is 5.23. The number of benzene rings is 1. The molecule has 0 unspecified atom stereocenters. The van der Waals surface area contributed by atoms with E-state index in [0.717, 1.165) is 30.5 Å². The number of nitrogens with one attached hydrogen (secondary N) is 1. The topological polar surface area (TPSA) is 45.8 Å². The third kappa shape index (κ3) is 2.95. The fraction of sp³-hybridized carbons (Fsp3) is 0.333. The van der Waals surface area contributed by atoms with Crippen LogP contribution in [0.25, 0.3) is 11.4 Å². The predicted octanol–water partition coefficient (Wildman–Crippen LogP) is 3.71. The summed E-state index contributed by atoms with van der Waals surface area (Å²) in [5.41, 5.74) is 2.91. The molecule has 0 bridgehead atoms. The van der Waals surface area contributed by atoms with Gasteiger partial charge in [0.2, 0.25) is 0 Å². The largest absolute Gasteiger partial charge is 0.306 e. The van der Waals surface area contributed by atoms with Gasteiger partial charge in [0, 0.05) is 5.56 Å². The summed E-state index contributed by atoms with van der Waals surface area (Å²) in [6.07, 6.45) is 2.68. The minimum atomic E-state index is -0.112. The number of aromatic nitrogens is 2. The van der Waals surface area contributed by atoms with E-state index in [4.69, 9.17) is 0 Å². The zero-order valence-corrected chi connectivity index (χ0v) is 12.8. The smallest absolute Gasteiger partial charge is 0.265 e. The molecule has 0 aliphatic carbocycles. The summed E-state index contributed by atoms with van der Waals surface area (Å²) in [4.78, 5) is 19.4. The van der Waals surface area contributed by atoms with Crippen molar-refractivity contribution in [1.82, 2.24) is 9.97 Å². The maximum absolute atomic E-state index is 12.0. The quantitative estimate of drug-likeness (QED) is 0.933. The van der Waals surface area contributed by atoms with E-state index in [-0.39, 0.29) is 5.56 Å². The molecule has 2 rings (SSSR count). The molecule has 0 amide bonds. The number of hydrogen-bond donors (Lipinski definition) is 1. The molecular formula is C15H17BrN2O. The Balaban J connectivity index is 2.59. The van der Waals surface area contributed by atoms with Gasteiger partial charge in [-0.15, -0.1) is 0 Å². The van der Waals surface area contributed by atoms with Gasteiger partial charge in [-0.05, 0) is 34.3 Å². The van der Waals surface area contributed by atoms with E-state index in [2.05, 4.69) is 45.8 Å². The van der Waals surface area contributed by atoms with Gasteiger partial charge in [-0.2, -0.15) is 0 Å². The van der Waals surface area contributed by atoms with Crippen molar-refractivity contribution in [1.29, 1.82) is 0 Å². The Morgan fingerprint density at radius 1 is 1.26 bits per heavy atom. The Hall–Kier alpha value is -1.42. The van der Waals surface area contributed by atoms with Crippen molar-refractivity contribution in [2.45, 2.75) is 33.1 Å². The highest BCUT2D eigenvalue weighted by Gasteiger charge is 2.11. The van der Waals surface area contributed by atoms with Crippen LogP contribution in [0.2, 0.25) is 0 Å². The molecule has 19 heavy (non-hydrogen) atoms. The van der Waals surface area contributed by atoms with Crippen LogP contribution in [0, 0.1) is 0 Å². The van der Waals surface area contributed by atoms with Gasteiger partial charge in [-0.3, -0.25) is 4.79 Å². The Labute approximate surface area is 121 Å². The van der Waals surface area contributed by atoms with Gasteiger partial charge < -0.3 is 4.98 Å². The third-order valence-corrected chi connectivity index (χ3v) is 3.89. The Morgan fingerprint density at radius 3 is 2.68 bits per heavy atom. The van der Waals surface area contributed by atoms with Crippen LogP contribution in [0.4, 0.5) is 0 Å². The minimum absolute atomic E-state index is 0.112. The lowest BCUT2D eigenvalue weighted by Gasteiger charge is -2.09. The fourth-order valence-corrected chi connectivity index (χ4v) is 2.48. The average molecular weight is 321 g/mol. The van der Waals surface area contributed by atoms with Crippen molar-refractivity contribution in [3.63, 3.8) is 0 Å². The van der Waals surface area contributed by atoms with Crippen molar-refractivity contribution >= 4 is 15.9 Å². The molecule has 0 spiro atoms. The Morgan fingerprint density at radius 2 is 2.00 bits per heavy atom. The number of H-pyrrole nitrogens is 1. The van der Waals surface area contributed by atoms with Crippen LogP contribution in [-0.4, -0.2) is 9.97 Å². The van der Waals surface area contributed by atoms with E-state index < -0.39 is 0 Å². The summed E-state index contributed by atoms with van der Waals surface area (Å²) in [5, 5.41) is 0. The Bertz CT molecular complexity index is 634. The molecule has 4 heteroatoms. The number of rotatable bonds is 4. The van der Waals surface area contributed by atoms with Crippen LogP contribution in [0.5, 0.6) is 0 Å². The van der Waals surface area contributed by atoms with E-state index in [9.17, 15) is 4.79 Å². The van der Waals surface area contributed by atoms with E-state index in [0.29, 0.717) is 10.3 Å². The minimum Gasteiger partial charge on any atom is -0.306 e. The van der Waals surface area contributed by atoms with Gasteiger partial charge >= 0.3 is 0 Å². The second-order valence-electron chi connectivity index (χ2n) is 4.44. The molecule has 1 N–H and O–H groups in total. The van der Waals surface area contributed by atoms with Gasteiger partial charge in [0.25, 0.3) is 5.56 Å². The molecule has 0 saturated heterocycles. The molecule has 3 nitrogen and oxygen atoms in total. The second kappa shape index (κ2) is 6.15. The zero-order valence-electron chi connectivity index (χ0n) is 11.2.